The van der Waals surface area contributed by atoms with Gasteiger partial charge < -0.3 is 15.7 Å². The number of nitrogens with one attached hydrogen (secondary N) is 2. The number of hydrogen-bond acceptors (Lipinski definition) is 4. The molecule has 1 aliphatic carbocycles. The molecule has 0 spiro atoms. The van der Waals surface area contributed by atoms with Crippen LogP contribution in [0.4, 0.5) is 4.79 Å². The van der Waals surface area contributed by atoms with Gasteiger partial charge in [0.15, 0.2) is 0 Å². The monoisotopic (exact) mass is 348 g/mol. The number of urea groups is 1. The molecule has 7 heteroatoms. The molecular formula is C17H24N4O2S. The third-order valence-electron chi connectivity index (χ3n) is 4.56. The van der Waals surface area contributed by atoms with Crippen LogP contribution in [0.3, 0.4) is 0 Å². The number of carbonyl (C=O) groups is 1. The number of thiophene rings is 1. The molecule has 0 unspecified atom stereocenters. The molecule has 2 aromatic heterocycles. The van der Waals surface area contributed by atoms with E-state index in [1.807, 2.05) is 34.5 Å². The average Bonchev–Trinajstić information content (AvgIpc) is 3.27. The van der Waals surface area contributed by atoms with E-state index in [4.69, 9.17) is 0 Å². The Labute approximate surface area is 145 Å². The molecule has 3 N–H and O–H groups in total. The van der Waals surface area contributed by atoms with E-state index in [2.05, 4.69) is 15.7 Å². The maximum absolute atomic E-state index is 12.3. The van der Waals surface area contributed by atoms with Gasteiger partial charge in [-0.3, -0.25) is 4.68 Å². The predicted molar refractivity (Wildman–Crippen MR) is 93.9 cm³/mol. The van der Waals surface area contributed by atoms with Crippen LogP contribution in [-0.2, 0) is 5.60 Å². The van der Waals surface area contributed by atoms with Gasteiger partial charge in [0.25, 0.3) is 0 Å². The first-order valence-corrected chi connectivity index (χ1v) is 9.24. The lowest BCUT2D eigenvalue weighted by atomic mass is 9.90. The van der Waals surface area contributed by atoms with Crippen molar-refractivity contribution in [3.8, 4) is 0 Å². The summed E-state index contributed by atoms with van der Waals surface area (Å²) in [6, 6.07) is 5.69. The highest BCUT2D eigenvalue weighted by Gasteiger charge is 2.29. The zero-order valence-corrected chi connectivity index (χ0v) is 14.6. The number of carbonyl (C=O) groups excluding carboxylic acids is 1. The summed E-state index contributed by atoms with van der Waals surface area (Å²) in [6.07, 6.45) is 7.93. The molecule has 0 aromatic carbocycles. The van der Waals surface area contributed by atoms with E-state index in [9.17, 15) is 9.90 Å². The summed E-state index contributed by atoms with van der Waals surface area (Å²) < 4.78 is 1.94. The van der Waals surface area contributed by atoms with E-state index in [1.54, 1.807) is 13.1 Å². The largest absolute Gasteiger partial charge is 0.383 e. The Bertz CT molecular complexity index is 640. The van der Waals surface area contributed by atoms with Gasteiger partial charge in [0.1, 0.15) is 5.60 Å². The van der Waals surface area contributed by atoms with Crippen LogP contribution >= 0.6 is 11.3 Å². The van der Waals surface area contributed by atoms with Gasteiger partial charge in [0.2, 0.25) is 0 Å². The van der Waals surface area contributed by atoms with Crippen LogP contribution in [0.25, 0.3) is 0 Å². The van der Waals surface area contributed by atoms with Gasteiger partial charge in [-0.1, -0.05) is 18.9 Å². The van der Waals surface area contributed by atoms with Crippen molar-refractivity contribution in [3.63, 3.8) is 0 Å². The highest BCUT2D eigenvalue weighted by Crippen LogP contribution is 2.28. The molecule has 1 aliphatic rings. The zero-order valence-electron chi connectivity index (χ0n) is 13.8. The van der Waals surface area contributed by atoms with Gasteiger partial charge >= 0.3 is 6.03 Å². The van der Waals surface area contributed by atoms with Crippen LogP contribution in [0.2, 0.25) is 0 Å². The zero-order chi connectivity index (χ0) is 17.0. The van der Waals surface area contributed by atoms with Crippen molar-refractivity contribution < 1.29 is 9.90 Å². The number of aromatic nitrogens is 2. The van der Waals surface area contributed by atoms with Crippen molar-refractivity contribution in [2.24, 2.45) is 0 Å². The van der Waals surface area contributed by atoms with Gasteiger partial charge in [0, 0.05) is 17.3 Å². The fourth-order valence-corrected chi connectivity index (χ4v) is 4.00. The van der Waals surface area contributed by atoms with E-state index in [1.165, 1.54) is 11.3 Å². The average molecular weight is 348 g/mol. The second-order valence-corrected chi connectivity index (χ2v) is 7.47. The normalized spacial score (nSPS) is 23.4. The molecule has 1 fully saturated rings. The molecule has 2 amide bonds. The fourth-order valence-electron chi connectivity index (χ4n) is 3.22. The van der Waals surface area contributed by atoms with Crippen LogP contribution in [0.1, 0.15) is 43.5 Å². The van der Waals surface area contributed by atoms with Crippen molar-refractivity contribution in [3.05, 3.63) is 40.8 Å². The lowest BCUT2D eigenvalue weighted by Gasteiger charge is -2.32. The molecule has 24 heavy (non-hydrogen) atoms. The Balaban J connectivity index is 1.55. The minimum atomic E-state index is -1.06. The van der Waals surface area contributed by atoms with E-state index in [-0.39, 0.29) is 24.7 Å². The molecule has 2 aromatic rings. The third kappa shape index (κ3) is 3.96. The van der Waals surface area contributed by atoms with Crippen molar-refractivity contribution in [1.29, 1.82) is 0 Å². The molecule has 3 rings (SSSR count). The van der Waals surface area contributed by atoms with Gasteiger partial charge in [-0.25, -0.2) is 4.79 Å². The maximum Gasteiger partial charge on any atom is 0.315 e. The summed E-state index contributed by atoms with van der Waals surface area (Å²) in [5, 5.41) is 22.6. The molecule has 0 saturated heterocycles. The molecule has 6 nitrogen and oxygen atoms in total. The van der Waals surface area contributed by atoms with E-state index in [0.717, 1.165) is 30.6 Å². The molecule has 0 radical (unpaired) electrons. The summed E-state index contributed by atoms with van der Waals surface area (Å²) in [6.45, 7) is 1.89. The van der Waals surface area contributed by atoms with Gasteiger partial charge in [-0.15, -0.1) is 11.3 Å². The first kappa shape index (κ1) is 17.0. The highest BCUT2D eigenvalue weighted by atomic mass is 32.1. The van der Waals surface area contributed by atoms with E-state index < -0.39 is 5.60 Å². The standard InChI is InChI=1S/C17H24N4O2S/c1-17(23,15-8-4-11-24-15)12-18-16(22)20-13-6-2-3-7-14(13)21-10-5-9-19-21/h4-5,8-11,13-14,23H,2-3,6-7,12H2,1H3,(H2,18,20,22)/t13-,14-,17-/m0/s1. The predicted octanol–water partition coefficient (Wildman–Crippen LogP) is 2.64. The van der Waals surface area contributed by atoms with Gasteiger partial charge in [0.05, 0.1) is 18.6 Å². The van der Waals surface area contributed by atoms with Gasteiger partial charge in [-0.05, 0) is 37.3 Å². The molecule has 1 saturated carbocycles. The fraction of sp³-hybridized carbons (Fsp3) is 0.529. The van der Waals surface area contributed by atoms with Crippen molar-refractivity contribution >= 4 is 17.4 Å². The minimum absolute atomic E-state index is 0.0605. The number of rotatable bonds is 5. The Kier molecular flexibility index (Phi) is 5.20. The van der Waals surface area contributed by atoms with Crippen LogP contribution in [0, 0.1) is 0 Å². The topological polar surface area (TPSA) is 79.2 Å². The molecule has 130 valence electrons. The first-order valence-electron chi connectivity index (χ1n) is 8.36. The number of amides is 2. The lowest BCUT2D eigenvalue weighted by Crippen LogP contribution is -2.50. The Morgan fingerprint density at radius 1 is 1.46 bits per heavy atom. The summed E-state index contributed by atoms with van der Waals surface area (Å²) in [5.74, 6) is 0. The van der Waals surface area contributed by atoms with Crippen molar-refractivity contribution in [2.75, 3.05) is 6.54 Å². The Morgan fingerprint density at radius 2 is 2.29 bits per heavy atom. The first-order chi connectivity index (χ1) is 11.6. The SMILES string of the molecule is C[C@](O)(CNC(=O)N[C@H]1CCCC[C@@H]1n1cccn1)c1cccs1. The second kappa shape index (κ2) is 7.36. The Morgan fingerprint density at radius 3 is 3.00 bits per heavy atom. The van der Waals surface area contributed by atoms with Crippen LogP contribution < -0.4 is 10.6 Å². The van der Waals surface area contributed by atoms with Crippen LogP contribution in [0.5, 0.6) is 0 Å². The van der Waals surface area contributed by atoms with Gasteiger partial charge in [-0.2, -0.15) is 5.10 Å². The quantitative estimate of drug-likeness (QED) is 0.777. The second-order valence-electron chi connectivity index (χ2n) is 6.52. The number of hydrogen-bond donors (Lipinski definition) is 3. The lowest BCUT2D eigenvalue weighted by molar-refractivity contribution is 0.0628. The summed E-state index contributed by atoms with van der Waals surface area (Å²) >= 11 is 1.48. The maximum atomic E-state index is 12.3. The van der Waals surface area contributed by atoms with E-state index in [0.29, 0.717) is 0 Å². The Hall–Kier alpha value is -1.86. The molecule has 0 aliphatic heterocycles. The van der Waals surface area contributed by atoms with E-state index >= 15 is 0 Å². The summed E-state index contributed by atoms with van der Waals surface area (Å²) in [7, 11) is 0. The molecule has 2 heterocycles. The minimum Gasteiger partial charge on any atom is -0.383 e. The van der Waals surface area contributed by atoms with Crippen LogP contribution in [-0.4, -0.2) is 33.5 Å². The van der Waals surface area contributed by atoms with Crippen molar-refractivity contribution in [1.82, 2.24) is 20.4 Å². The molecule has 3 atom stereocenters. The molecule has 0 bridgehead atoms. The van der Waals surface area contributed by atoms with Crippen molar-refractivity contribution in [2.45, 2.75) is 50.3 Å². The number of nitrogens with zero attached hydrogens (tertiary/aromatic N) is 2. The molecular weight excluding hydrogens is 324 g/mol. The number of aliphatic hydroxyl groups is 1. The third-order valence-corrected chi connectivity index (χ3v) is 5.68. The highest BCUT2D eigenvalue weighted by molar-refractivity contribution is 7.10. The summed E-state index contributed by atoms with van der Waals surface area (Å²) in [4.78, 5) is 13.1. The smallest absolute Gasteiger partial charge is 0.315 e. The van der Waals surface area contributed by atoms with Crippen LogP contribution in [0.15, 0.2) is 36.0 Å². The summed E-state index contributed by atoms with van der Waals surface area (Å²) in [5.41, 5.74) is -1.06.